The molecule has 4 rings (SSSR count). The molecule has 1 saturated heterocycles. The van der Waals surface area contributed by atoms with Crippen LogP contribution in [0.2, 0.25) is 5.02 Å². The SMILES string of the molecule is NC(=O)c1c(NC(=O)CN2CCN(c3ccccc3Cl)CC2)sc2c1CCC2. The van der Waals surface area contributed by atoms with Gasteiger partial charge in [-0.3, -0.25) is 14.5 Å². The molecule has 6 nitrogen and oxygen atoms in total. The van der Waals surface area contributed by atoms with Crippen molar-refractivity contribution >= 4 is 45.4 Å². The molecule has 2 amide bonds. The number of halogens is 1. The smallest absolute Gasteiger partial charge is 0.251 e. The van der Waals surface area contributed by atoms with E-state index in [2.05, 4.69) is 15.1 Å². The van der Waals surface area contributed by atoms with Gasteiger partial charge in [-0.05, 0) is 37.0 Å². The Bertz CT molecular complexity index is 906. The summed E-state index contributed by atoms with van der Waals surface area (Å²) in [7, 11) is 0. The van der Waals surface area contributed by atoms with E-state index in [1.165, 1.54) is 16.2 Å². The Balaban J connectivity index is 1.35. The molecule has 0 radical (unpaired) electrons. The third-order valence-corrected chi connectivity index (χ3v) is 6.88. The first-order chi connectivity index (χ1) is 13.5. The summed E-state index contributed by atoms with van der Waals surface area (Å²) in [6.45, 7) is 3.50. The number of carbonyl (C=O) groups is 2. The molecule has 1 fully saturated rings. The zero-order chi connectivity index (χ0) is 19.7. The van der Waals surface area contributed by atoms with Crippen LogP contribution in [0.4, 0.5) is 10.7 Å². The number of hydrogen-bond acceptors (Lipinski definition) is 5. The number of nitrogens with two attached hydrogens (primary N) is 1. The maximum atomic E-state index is 12.6. The van der Waals surface area contributed by atoms with E-state index in [1.54, 1.807) is 0 Å². The highest BCUT2D eigenvalue weighted by atomic mass is 35.5. The first kappa shape index (κ1) is 19.2. The third kappa shape index (κ3) is 3.87. The molecule has 8 heteroatoms. The van der Waals surface area contributed by atoms with Gasteiger partial charge in [0.25, 0.3) is 5.91 Å². The van der Waals surface area contributed by atoms with Gasteiger partial charge in [-0.2, -0.15) is 0 Å². The Morgan fingerprint density at radius 2 is 1.89 bits per heavy atom. The Kier molecular flexibility index (Phi) is 5.57. The van der Waals surface area contributed by atoms with Crippen molar-refractivity contribution in [2.75, 3.05) is 42.9 Å². The summed E-state index contributed by atoms with van der Waals surface area (Å²) in [4.78, 5) is 30.0. The van der Waals surface area contributed by atoms with E-state index >= 15 is 0 Å². The predicted octanol–water partition coefficient (Wildman–Crippen LogP) is 2.75. The van der Waals surface area contributed by atoms with Gasteiger partial charge in [-0.1, -0.05) is 23.7 Å². The van der Waals surface area contributed by atoms with Crippen LogP contribution >= 0.6 is 22.9 Å². The Morgan fingerprint density at radius 1 is 1.14 bits per heavy atom. The van der Waals surface area contributed by atoms with Crippen LogP contribution in [0, 0.1) is 0 Å². The Morgan fingerprint density at radius 3 is 2.61 bits per heavy atom. The fourth-order valence-electron chi connectivity index (χ4n) is 3.98. The number of fused-ring (bicyclic) bond motifs is 1. The normalized spacial score (nSPS) is 16.8. The van der Waals surface area contributed by atoms with Gasteiger partial charge in [0.05, 0.1) is 22.8 Å². The van der Waals surface area contributed by atoms with E-state index in [0.717, 1.165) is 61.7 Å². The van der Waals surface area contributed by atoms with E-state index in [0.29, 0.717) is 17.1 Å². The number of hydrogen-bond donors (Lipinski definition) is 2. The fourth-order valence-corrected chi connectivity index (χ4v) is 5.54. The van der Waals surface area contributed by atoms with E-state index in [9.17, 15) is 9.59 Å². The molecule has 1 aromatic carbocycles. The number of nitrogens with zero attached hydrogens (tertiary/aromatic N) is 2. The minimum Gasteiger partial charge on any atom is -0.368 e. The fraction of sp³-hybridized carbons (Fsp3) is 0.400. The van der Waals surface area contributed by atoms with Crippen LogP contribution in [-0.4, -0.2) is 49.4 Å². The maximum Gasteiger partial charge on any atom is 0.251 e. The van der Waals surface area contributed by atoms with Gasteiger partial charge in [0.1, 0.15) is 5.00 Å². The van der Waals surface area contributed by atoms with Gasteiger partial charge in [0.2, 0.25) is 5.91 Å². The van der Waals surface area contributed by atoms with Crippen molar-refractivity contribution in [1.29, 1.82) is 0 Å². The minimum atomic E-state index is -0.456. The molecular weight excluding hydrogens is 396 g/mol. The van der Waals surface area contributed by atoms with Gasteiger partial charge < -0.3 is 16.0 Å². The number of nitrogens with one attached hydrogen (secondary N) is 1. The standard InChI is InChI=1S/C20H23ClN4O2S/c21-14-5-1-2-6-15(14)25-10-8-24(9-11-25)12-17(26)23-20-18(19(22)27)13-4-3-7-16(13)28-20/h1-2,5-6H,3-4,7-12H2,(H2,22,27)(H,23,26). The second kappa shape index (κ2) is 8.11. The third-order valence-electron chi connectivity index (χ3n) is 5.35. The first-order valence-electron chi connectivity index (χ1n) is 9.49. The summed E-state index contributed by atoms with van der Waals surface area (Å²) >= 11 is 7.78. The largest absolute Gasteiger partial charge is 0.368 e. The Hall–Kier alpha value is -2.09. The molecule has 0 saturated carbocycles. The number of benzene rings is 1. The molecule has 0 spiro atoms. The number of piperazine rings is 1. The van der Waals surface area contributed by atoms with E-state index in [-0.39, 0.29) is 5.91 Å². The lowest BCUT2D eigenvalue weighted by Gasteiger charge is -2.36. The van der Waals surface area contributed by atoms with Crippen molar-refractivity contribution in [3.8, 4) is 0 Å². The number of primary amides is 1. The van der Waals surface area contributed by atoms with E-state index in [1.807, 2.05) is 24.3 Å². The van der Waals surface area contributed by atoms with Gasteiger partial charge in [-0.25, -0.2) is 0 Å². The molecular formula is C20H23ClN4O2S. The number of thiophene rings is 1. The molecule has 0 bridgehead atoms. The molecule has 148 valence electrons. The molecule has 1 aromatic heterocycles. The van der Waals surface area contributed by atoms with Gasteiger partial charge in [-0.15, -0.1) is 11.3 Å². The van der Waals surface area contributed by atoms with Crippen LogP contribution in [0.25, 0.3) is 0 Å². The summed E-state index contributed by atoms with van der Waals surface area (Å²) in [5.74, 6) is -0.559. The van der Waals surface area contributed by atoms with E-state index in [4.69, 9.17) is 17.3 Å². The molecule has 0 atom stereocenters. The molecule has 2 aliphatic rings. The van der Waals surface area contributed by atoms with Crippen LogP contribution in [-0.2, 0) is 17.6 Å². The number of rotatable bonds is 5. The second-order valence-corrected chi connectivity index (χ2v) is 8.70. The summed E-state index contributed by atoms with van der Waals surface area (Å²) in [6.07, 6.45) is 2.87. The highest BCUT2D eigenvalue weighted by molar-refractivity contribution is 7.17. The lowest BCUT2D eigenvalue weighted by atomic mass is 10.1. The van der Waals surface area contributed by atoms with Crippen molar-refractivity contribution in [2.45, 2.75) is 19.3 Å². The number of amides is 2. The average molecular weight is 419 g/mol. The predicted molar refractivity (Wildman–Crippen MR) is 114 cm³/mol. The molecule has 1 aliphatic heterocycles. The van der Waals surface area contributed by atoms with Crippen molar-refractivity contribution in [1.82, 2.24) is 4.90 Å². The number of anilines is 2. The highest BCUT2D eigenvalue weighted by Crippen LogP contribution is 2.38. The number of para-hydroxylation sites is 1. The zero-order valence-corrected chi connectivity index (χ0v) is 17.1. The summed E-state index contributed by atoms with van der Waals surface area (Å²) in [5.41, 5.74) is 8.14. The van der Waals surface area contributed by atoms with Gasteiger partial charge >= 0.3 is 0 Å². The van der Waals surface area contributed by atoms with Crippen LogP contribution < -0.4 is 16.0 Å². The number of aryl methyl sites for hydroxylation is 1. The molecule has 2 aromatic rings. The second-order valence-electron chi connectivity index (χ2n) is 7.19. The van der Waals surface area contributed by atoms with Gasteiger partial charge in [0, 0.05) is 31.1 Å². The van der Waals surface area contributed by atoms with Crippen molar-refractivity contribution in [2.24, 2.45) is 5.73 Å². The molecule has 2 heterocycles. The summed E-state index contributed by atoms with van der Waals surface area (Å²) < 4.78 is 0. The van der Waals surface area contributed by atoms with Crippen LogP contribution in [0.1, 0.15) is 27.2 Å². The lowest BCUT2D eigenvalue weighted by molar-refractivity contribution is -0.117. The molecule has 1 aliphatic carbocycles. The monoisotopic (exact) mass is 418 g/mol. The van der Waals surface area contributed by atoms with Crippen LogP contribution in [0.5, 0.6) is 0 Å². The van der Waals surface area contributed by atoms with Crippen LogP contribution in [0.15, 0.2) is 24.3 Å². The van der Waals surface area contributed by atoms with Crippen molar-refractivity contribution in [3.63, 3.8) is 0 Å². The lowest BCUT2D eigenvalue weighted by Crippen LogP contribution is -2.48. The Labute approximate surface area is 173 Å². The average Bonchev–Trinajstić information content (AvgIpc) is 3.23. The molecule has 3 N–H and O–H groups in total. The molecule has 0 unspecified atom stereocenters. The summed E-state index contributed by atoms with van der Waals surface area (Å²) in [6, 6.07) is 7.82. The van der Waals surface area contributed by atoms with Crippen LogP contribution in [0.3, 0.4) is 0 Å². The maximum absolute atomic E-state index is 12.6. The first-order valence-corrected chi connectivity index (χ1v) is 10.7. The number of carbonyl (C=O) groups excluding carboxylic acids is 2. The quantitative estimate of drug-likeness (QED) is 0.782. The van der Waals surface area contributed by atoms with E-state index < -0.39 is 5.91 Å². The van der Waals surface area contributed by atoms with Crippen molar-refractivity contribution < 1.29 is 9.59 Å². The van der Waals surface area contributed by atoms with Gasteiger partial charge in [0.15, 0.2) is 0 Å². The molecule has 28 heavy (non-hydrogen) atoms. The van der Waals surface area contributed by atoms with Crippen molar-refractivity contribution in [3.05, 3.63) is 45.3 Å². The minimum absolute atomic E-state index is 0.103. The topological polar surface area (TPSA) is 78.7 Å². The summed E-state index contributed by atoms with van der Waals surface area (Å²) in [5, 5.41) is 4.28. The highest BCUT2D eigenvalue weighted by Gasteiger charge is 2.27. The zero-order valence-electron chi connectivity index (χ0n) is 15.5.